The van der Waals surface area contributed by atoms with E-state index in [0.717, 1.165) is 6.42 Å². The van der Waals surface area contributed by atoms with Crippen LogP contribution in [0.25, 0.3) is 0 Å². The molecule has 2 spiro atoms. The third kappa shape index (κ3) is 2.60. The van der Waals surface area contributed by atoms with Gasteiger partial charge in [0, 0.05) is 17.3 Å². The van der Waals surface area contributed by atoms with E-state index in [1.165, 1.54) is 0 Å². The number of nitrogens with zero attached hydrogens (tertiary/aromatic N) is 1. The molecule has 3 aromatic carbocycles. The van der Waals surface area contributed by atoms with E-state index < -0.39 is 16.9 Å². The van der Waals surface area contributed by atoms with Gasteiger partial charge in [-0.25, -0.2) is 0 Å². The number of rotatable bonds is 4. The molecule has 4 heterocycles. The topological polar surface area (TPSA) is 87.7 Å². The molecular formula is C30H26ClN3O4. The van der Waals surface area contributed by atoms with Gasteiger partial charge in [-0.1, -0.05) is 54.1 Å². The van der Waals surface area contributed by atoms with Crippen molar-refractivity contribution in [2.24, 2.45) is 5.92 Å². The van der Waals surface area contributed by atoms with Crippen molar-refractivity contribution in [3.63, 3.8) is 0 Å². The molecule has 38 heavy (non-hydrogen) atoms. The van der Waals surface area contributed by atoms with E-state index in [0.29, 0.717) is 58.4 Å². The van der Waals surface area contributed by atoms with Crippen LogP contribution in [0.4, 0.5) is 11.4 Å². The minimum atomic E-state index is -1.51. The van der Waals surface area contributed by atoms with E-state index in [1.54, 1.807) is 30.3 Å². The van der Waals surface area contributed by atoms with Crippen LogP contribution in [-0.4, -0.2) is 41.7 Å². The van der Waals surface area contributed by atoms with Gasteiger partial charge < -0.3 is 15.4 Å². The summed E-state index contributed by atoms with van der Waals surface area (Å²) in [7, 11) is 0. The first-order chi connectivity index (χ1) is 18.5. The van der Waals surface area contributed by atoms with Crippen LogP contribution in [0.1, 0.15) is 41.3 Å². The first-order valence-electron chi connectivity index (χ1n) is 13.0. The molecule has 7 rings (SSSR count). The zero-order chi connectivity index (χ0) is 26.2. The number of halogens is 1. The molecule has 2 fully saturated rings. The Morgan fingerprint density at radius 1 is 1.00 bits per heavy atom. The largest absolute Gasteiger partial charge is 0.493 e. The number of Topliss-reactive ketones (excluding diaryl/α,β-unsaturated/α-hetero) is 1. The fraction of sp³-hybridized carbons (Fsp3) is 0.300. The van der Waals surface area contributed by atoms with Crippen LogP contribution in [0.2, 0.25) is 5.02 Å². The fourth-order valence-corrected chi connectivity index (χ4v) is 7.91. The minimum Gasteiger partial charge on any atom is -0.493 e. The van der Waals surface area contributed by atoms with Crippen LogP contribution in [0.5, 0.6) is 5.75 Å². The zero-order valence-corrected chi connectivity index (χ0v) is 21.5. The lowest BCUT2D eigenvalue weighted by Crippen LogP contribution is -2.62. The highest BCUT2D eigenvalue weighted by Gasteiger charge is 2.81. The number of fused-ring (bicyclic) bond motifs is 7. The molecule has 2 saturated heterocycles. The standard InChI is InChI=1S/C30H26ClN3O4/c1-2-38-23-15-6-3-9-17(23)26(35)24-22-14-8-16-34(22)30(19-11-7-12-20(31)25(19)33-28(30)37)29(24)18-10-4-5-13-21(18)32-27(29)36/h3-7,9-13,15,22,24H,2,8,14,16H2,1H3,(H,32,36)(H,33,37)/t22-,24-,29-,30-/m0/s1. The van der Waals surface area contributed by atoms with Gasteiger partial charge in [0.2, 0.25) is 5.91 Å². The molecule has 4 aliphatic rings. The molecule has 192 valence electrons. The van der Waals surface area contributed by atoms with E-state index in [-0.39, 0.29) is 23.6 Å². The van der Waals surface area contributed by atoms with Gasteiger partial charge in [-0.15, -0.1) is 0 Å². The Kier molecular flexibility index (Phi) is 5.03. The Labute approximate surface area is 225 Å². The van der Waals surface area contributed by atoms with Crippen molar-refractivity contribution in [3.05, 3.63) is 88.4 Å². The summed E-state index contributed by atoms with van der Waals surface area (Å²) in [5.41, 5.74) is -0.0976. The van der Waals surface area contributed by atoms with Gasteiger partial charge in [0.15, 0.2) is 5.78 Å². The number of anilines is 2. The third-order valence-corrected chi connectivity index (χ3v) is 9.13. The third-order valence-electron chi connectivity index (χ3n) is 8.82. The molecule has 2 N–H and O–H groups in total. The number of benzene rings is 3. The predicted octanol–water partition coefficient (Wildman–Crippen LogP) is 4.75. The molecule has 0 bridgehead atoms. The number of amides is 2. The first-order valence-corrected chi connectivity index (χ1v) is 13.4. The molecule has 2 amide bonds. The molecule has 0 aromatic heterocycles. The van der Waals surface area contributed by atoms with Crippen molar-refractivity contribution in [2.75, 3.05) is 23.8 Å². The molecule has 4 aliphatic heterocycles. The highest BCUT2D eigenvalue weighted by molar-refractivity contribution is 6.35. The number of carbonyl (C=O) groups is 3. The molecular weight excluding hydrogens is 502 g/mol. The number of para-hydroxylation sites is 3. The molecule has 0 radical (unpaired) electrons. The number of carbonyl (C=O) groups excluding carboxylic acids is 3. The highest BCUT2D eigenvalue weighted by Crippen LogP contribution is 2.68. The summed E-state index contributed by atoms with van der Waals surface area (Å²) < 4.78 is 5.85. The maximum Gasteiger partial charge on any atom is 0.251 e. The van der Waals surface area contributed by atoms with Crippen LogP contribution in [0, 0.1) is 5.92 Å². The van der Waals surface area contributed by atoms with Gasteiger partial charge in [0.25, 0.3) is 5.91 Å². The summed E-state index contributed by atoms with van der Waals surface area (Å²) in [6.07, 6.45) is 1.50. The Morgan fingerprint density at radius 2 is 1.76 bits per heavy atom. The molecule has 4 atom stereocenters. The smallest absolute Gasteiger partial charge is 0.251 e. The molecule has 8 heteroatoms. The second-order valence-electron chi connectivity index (χ2n) is 10.3. The Balaban J connectivity index is 1.58. The van der Waals surface area contributed by atoms with E-state index in [9.17, 15) is 14.4 Å². The van der Waals surface area contributed by atoms with Crippen LogP contribution >= 0.6 is 11.6 Å². The molecule has 0 saturated carbocycles. The number of hydrogen-bond donors (Lipinski definition) is 2. The Bertz CT molecular complexity index is 1540. The van der Waals surface area contributed by atoms with Crippen molar-refractivity contribution in [1.29, 1.82) is 0 Å². The summed E-state index contributed by atoms with van der Waals surface area (Å²) >= 11 is 6.60. The van der Waals surface area contributed by atoms with Crippen LogP contribution in [-0.2, 0) is 20.5 Å². The maximum atomic E-state index is 14.8. The average Bonchev–Trinajstić information content (AvgIpc) is 3.64. The first kappa shape index (κ1) is 23.4. The second kappa shape index (κ2) is 8.16. The molecule has 0 aliphatic carbocycles. The number of hydrogen-bond acceptors (Lipinski definition) is 5. The molecule has 0 unspecified atom stereocenters. The number of ether oxygens (including phenoxy) is 1. The van der Waals surface area contributed by atoms with E-state index in [2.05, 4.69) is 15.5 Å². The van der Waals surface area contributed by atoms with Gasteiger partial charge in [0.1, 0.15) is 16.7 Å². The summed E-state index contributed by atoms with van der Waals surface area (Å²) in [5.74, 6) is -1.22. The van der Waals surface area contributed by atoms with E-state index in [4.69, 9.17) is 16.3 Å². The van der Waals surface area contributed by atoms with Crippen molar-refractivity contribution < 1.29 is 19.1 Å². The SMILES string of the molecule is CCOc1ccccc1C(=O)[C@@H]1[C@@H]2CCCN2[C@@]2(C(=O)Nc3c(Cl)cccc32)[C@]12C(=O)Nc1ccccc12. The van der Waals surface area contributed by atoms with Crippen molar-refractivity contribution in [3.8, 4) is 5.75 Å². The average molecular weight is 528 g/mol. The Morgan fingerprint density at radius 3 is 2.61 bits per heavy atom. The zero-order valence-electron chi connectivity index (χ0n) is 20.8. The monoisotopic (exact) mass is 527 g/mol. The van der Waals surface area contributed by atoms with Crippen molar-refractivity contribution in [1.82, 2.24) is 4.90 Å². The summed E-state index contributed by atoms with van der Waals surface area (Å²) in [5, 5.41) is 6.47. The van der Waals surface area contributed by atoms with Crippen LogP contribution < -0.4 is 15.4 Å². The number of nitrogens with one attached hydrogen (secondary N) is 2. The lowest BCUT2D eigenvalue weighted by Gasteiger charge is -2.43. The minimum absolute atomic E-state index is 0.196. The fourth-order valence-electron chi connectivity index (χ4n) is 7.69. The van der Waals surface area contributed by atoms with Gasteiger partial charge in [-0.2, -0.15) is 0 Å². The van der Waals surface area contributed by atoms with Gasteiger partial charge in [0.05, 0.1) is 28.8 Å². The lowest BCUT2D eigenvalue weighted by molar-refractivity contribution is -0.137. The molecule has 3 aromatic rings. The van der Waals surface area contributed by atoms with E-state index in [1.807, 2.05) is 43.3 Å². The van der Waals surface area contributed by atoms with Gasteiger partial charge in [-0.3, -0.25) is 19.3 Å². The number of ketones is 1. The van der Waals surface area contributed by atoms with Crippen LogP contribution in [0.3, 0.4) is 0 Å². The van der Waals surface area contributed by atoms with Crippen LogP contribution in [0.15, 0.2) is 66.7 Å². The summed E-state index contributed by atoms with van der Waals surface area (Å²) in [6, 6.07) is 19.7. The lowest BCUT2D eigenvalue weighted by atomic mass is 9.57. The maximum absolute atomic E-state index is 14.8. The second-order valence-corrected chi connectivity index (χ2v) is 10.7. The Hall–Kier alpha value is -3.68. The van der Waals surface area contributed by atoms with E-state index >= 15 is 0 Å². The summed E-state index contributed by atoms with van der Waals surface area (Å²) in [4.78, 5) is 45.8. The highest BCUT2D eigenvalue weighted by atomic mass is 35.5. The summed E-state index contributed by atoms with van der Waals surface area (Å²) in [6.45, 7) is 2.85. The normalized spacial score (nSPS) is 28.8. The van der Waals surface area contributed by atoms with Gasteiger partial charge in [-0.05, 0) is 56.1 Å². The molecule has 7 nitrogen and oxygen atoms in total. The quantitative estimate of drug-likeness (QED) is 0.478. The van der Waals surface area contributed by atoms with Crippen molar-refractivity contribution >= 4 is 40.6 Å². The van der Waals surface area contributed by atoms with Gasteiger partial charge >= 0.3 is 0 Å². The van der Waals surface area contributed by atoms with Crippen molar-refractivity contribution in [2.45, 2.75) is 36.8 Å². The predicted molar refractivity (Wildman–Crippen MR) is 144 cm³/mol.